The molecule has 2 fully saturated rings. The molecule has 0 spiro atoms. The number of hydrogen-bond acceptors (Lipinski definition) is 5. The van der Waals surface area contributed by atoms with E-state index < -0.39 is 34.6 Å². The molecule has 3 rings (SSSR count). The van der Waals surface area contributed by atoms with E-state index >= 15 is 0 Å². The van der Waals surface area contributed by atoms with Crippen molar-refractivity contribution in [3.05, 3.63) is 23.8 Å². The zero-order valence-corrected chi connectivity index (χ0v) is 18.0. The first-order valence-corrected chi connectivity index (χ1v) is 12.0. The van der Waals surface area contributed by atoms with Gasteiger partial charge in [-0.1, -0.05) is 6.92 Å². The summed E-state index contributed by atoms with van der Waals surface area (Å²) in [4.78, 5) is 26.8. The van der Waals surface area contributed by atoms with E-state index in [1.54, 1.807) is 4.90 Å². The van der Waals surface area contributed by atoms with Crippen LogP contribution in [0.3, 0.4) is 0 Å². The number of benzene rings is 1. The number of rotatable bonds is 7. The van der Waals surface area contributed by atoms with E-state index in [-0.39, 0.29) is 23.7 Å². The molecule has 2 aliphatic rings. The number of cyclic esters (lactones) is 1. The molecule has 6 nitrogen and oxygen atoms in total. The number of Topliss-reactive ketones (excluding diaryl/α,β-unsaturated/α-hetero) is 1. The van der Waals surface area contributed by atoms with E-state index in [2.05, 4.69) is 0 Å². The Hall–Kier alpha value is -2.03. The molecule has 30 heavy (non-hydrogen) atoms. The standard InChI is InChI=1S/C21H28F2N2O4S/c1-2-5-16(26)6-7-17-14-25(21(27)29-17)15-12-18(22)20(19(23)13-15)24-8-3-10-30(28)11-4-9-24/h12-13,17H,2-11,14H2,1H3/t17-/m0/s1. The minimum absolute atomic E-state index is 0.106. The molecule has 2 saturated heterocycles. The number of carbonyl (C=O) groups excluding carboxylic acids is 2. The van der Waals surface area contributed by atoms with Gasteiger partial charge in [0.2, 0.25) is 0 Å². The number of hydrogen-bond donors (Lipinski definition) is 0. The molecule has 0 unspecified atom stereocenters. The molecule has 0 radical (unpaired) electrons. The number of halogens is 2. The van der Waals surface area contributed by atoms with E-state index in [0.717, 1.165) is 18.6 Å². The summed E-state index contributed by atoms with van der Waals surface area (Å²) >= 11 is 0. The first kappa shape index (κ1) is 22.7. The van der Waals surface area contributed by atoms with Gasteiger partial charge in [-0.05, 0) is 25.7 Å². The van der Waals surface area contributed by atoms with E-state index in [4.69, 9.17) is 4.74 Å². The van der Waals surface area contributed by atoms with Crippen LogP contribution < -0.4 is 9.80 Å². The summed E-state index contributed by atoms with van der Waals surface area (Å²) in [6.07, 6.45) is 2.06. The third-order valence-corrected chi connectivity index (χ3v) is 6.87. The highest BCUT2D eigenvalue weighted by Gasteiger charge is 2.33. The summed E-state index contributed by atoms with van der Waals surface area (Å²) in [5, 5.41) is 0. The minimum atomic E-state index is -0.863. The Morgan fingerprint density at radius 2 is 1.80 bits per heavy atom. The van der Waals surface area contributed by atoms with E-state index in [9.17, 15) is 22.6 Å². The van der Waals surface area contributed by atoms with Crippen LogP contribution in [0.1, 0.15) is 45.4 Å². The monoisotopic (exact) mass is 442 g/mol. The van der Waals surface area contributed by atoms with Crippen molar-refractivity contribution in [1.82, 2.24) is 0 Å². The molecule has 2 heterocycles. The molecule has 9 heteroatoms. The second-order valence-corrected chi connectivity index (χ2v) is 9.44. The predicted molar refractivity (Wildman–Crippen MR) is 112 cm³/mol. The third kappa shape index (κ3) is 5.56. The summed E-state index contributed by atoms with van der Waals surface area (Å²) in [5.41, 5.74) is -0.00464. The van der Waals surface area contributed by atoms with Gasteiger partial charge in [-0.15, -0.1) is 0 Å². The van der Waals surface area contributed by atoms with Crippen molar-refractivity contribution in [3.63, 3.8) is 0 Å². The normalized spacial score (nSPS) is 20.8. The average molecular weight is 443 g/mol. The lowest BCUT2D eigenvalue weighted by atomic mass is 10.1. The molecule has 1 amide bonds. The van der Waals surface area contributed by atoms with Crippen molar-refractivity contribution >= 4 is 34.1 Å². The maximum atomic E-state index is 14.9. The Labute approximate surface area is 178 Å². The van der Waals surface area contributed by atoms with Crippen LogP contribution >= 0.6 is 0 Å². The Balaban J connectivity index is 1.69. The Morgan fingerprint density at radius 1 is 1.17 bits per heavy atom. The van der Waals surface area contributed by atoms with Crippen LogP contribution in [0.15, 0.2) is 12.1 Å². The zero-order valence-electron chi connectivity index (χ0n) is 17.2. The van der Waals surface area contributed by atoms with Crippen LogP contribution in [0, 0.1) is 11.6 Å². The highest BCUT2D eigenvalue weighted by molar-refractivity contribution is 7.84. The molecule has 166 valence electrons. The van der Waals surface area contributed by atoms with Gasteiger partial charge >= 0.3 is 6.09 Å². The van der Waals surface area contributed by atoms with Crippen LogP contribution in [0.25, 0.3) is 0 Å². The number of amides is 1. The summed E-state index contributed by atoms with van der Waals surface area (Å²) < 4.78 is 46.6. The molecule has 2 aliphatic heterocycles. The van der Waals surface area contributed by atoms with Gasteiger partial charge in [0, 0.05) is 60.4 Å². The molecule has 1 aromatic carbocycles. The van der Waals surface area contributed by atoms with Gasteiger partial charge in [0.05, 0.1) is 12.2 Å². The van der Waals surface area contributed by atoms with E-state index in [1.807, 2.05) is 6.92 Å². The Bertz CT molecular complexity index is 785. The van der Waals surface area contributed by atoms with Crippen LogP contribution in [0.2, 0.25) is 0 Å². The number of carbonyl (C=O) groups is 2. The van der Waals surface area contributed by atoms with Gasteiger partial charge in [-0.2, -0.15) is 0 Å². The molecule has 0 saturated carbocycles. The summed E-state index contributed by atoms with van der Waals surface area (Å²) in [6, 6.07) is 2.31. The second kappa shape index (κ2) is 10.3. The van der Waals surface area contributed by atoms with E-state index in [1.165, 1.54) is 4.90 Å². The van der Waals surface area contributed by atoms with Crippen molar-refractivity contribution in [3.8, 4) is 0 Å². The molecular weight excluding hydrogens is 414 g/mol. The van der Waals surface area contributed by atoms with Gasteiger partial charge in [0.1, 0.15) is 17.6 Å². The fourth-order valence-corrected chi connectivity index (χ4v) is 5.00. The fraction of sp³-hybridized carbons (Fsp3) is 0.619. The zero-order chi connectivity index (χ0) is 21.7. The van der Waals surface area contributed by atoms with Gasteiger partial charge in [0.15, 0.2) is 11.6 Å². The topological polar surface area (TPSA) is 66.9 Å². The van der Waals surface area contributed by atoms with Gasteiger partial charge < -0.3 is 9.64 Å². The highest BCUT2D eigenvalue weighted by atomic mass is 32.2. The summed E-state index contributed by atoms with van der Waals surface area (Å²) in [5.74, 6) is -0.299. The number of anilines is 2. The van der Waals surface area contributed by atoms with Crippen molar-refractivity contribution in [1.29, 1.82) is 0 Å². The largest absolute Gasteiger partial charge is 0.444 e. The average Bonchev–Trinajstić information content (AvgIpc) is 3.04. The summed E-state index contributed by atoms with van der Waals surface area (Å²) in [6.45, 7) is 2.94. The second-order valence-electron chi connectivity index (χ2n) is 7.74. The lowest BCUT2D eigenvalue weighted by molar-refractivity contribution is -0.119. The minimum Gasteiger partial charge on any atom is -0.444 e. The maximum absolute atomic E-state index is 14.9. The van der Waals surface area contributed by atoms with Crippen molar-refractivity contribution in [2.24, 2.45) is 0 Å². The molecule has 0 aromatic heterocycles. The van der Waals surface area contributed by atoms with Gasteiger partial charge in [-0.3, -0.25) is 13.9 Å². The first-order chi connectivity index (χ1) is 14.4. The van der Waals surface area contributed by atoms with Gasteiger partial charge in [-0.25, -0.2) is 13.6 Å². The lowest BCUT2D eigenvalue weighted by Gasteiger charge is -2.28. The maximum Gasteiger partial charge on any atom is 0.414 e. The highest BCUT2D eigenvalue weighted by Crippen LogP contribution is 2.32. The number of ketones is 1. The molecule has 0 bridgehead atoms. The Morgan fingerprint density at radius 3 is 2.40 bits per heavy atom. The summed E-state index contributed by atoms with van der Waals surface area (Å²) in [7, 11) is -0.863. The van der Waals surface area contributed by atoms with Crippen molar-refractivity contribution in [2.45, 2.75) is 51.6 Å². The van der Waals surface area contributed by atoms with Crippen LogP contribution in [-0.2, 0) is 20.3 Å². The molecule has 0 aliphatic carbocycles. The molecule has 0 N–H and O–H groups in total. The number of nitrogens with zero attached hydrogens (tertiary/aromatic N) is 2. The quantitative estimate of drug-likeness (QED) is 0.643. The predicted octanol–water partition coefficient (Wildman–Crippen LogP) is 3.79. The molecule has 1 aromatic rings. The Kier molecular flexibility index (Phi) is 7.80. The van der Waals surface area contributed by atoms with Gasteiger partial charge in [0.25, 0.3) is 0 Å². The molecular formula is C21H28F2N2O4S. The SMILES string of the molecule is CCCC(=O)CC[C@H]1CN(c2cc(F)c(N3CCCS(=O)CCC3)c(F)c2)C(=O)O1. The number of ether oxygens (including phenoxy) is 1. The lowest BCUT2D eigenvalue weighted by Crippen LogP contribution is -2.32. The van der Waals surface area contributed by atoms with Crippen LogP contribution in [0.5, 0.6) is 0 Å². The third-order valence-electron chi connectivity index (χ3n) is 5.38. The van der Waals surface area contributed by atoms with Crippen LogP contribution in [0.4, 0.5) is 25.0 Å². The van der Waals surface area contributed by atoms with Crippen molar-refractivity contribution in [2.75, 3.05) is 40.9 Å². The smallest absolute Gasteiger partial charge is 0.414 e. The van der Waals surface area contributed by atoms with Crippen molar-refractivity contribution < 1.29 is 27.3 Å². The van der Waals surface area contributed by atoms with Crippen LogP contribution in [-0.4, -0.2) is 53.3 Å². The first-order valence-electron chi connectivity index (χ1n) is 10.5. The molecule has 1 atom stereocenters. The van der Waals surface area contributed by atoms with E-state index in [0.29, 0.717) is 56.7 Å². The fourth-order valence-electron chi connectivity index (χ4n) is 3.89.